The Morgan fingerprint density at radius 1 is 1.10 bits per heavy atom. The van der Waals surface area contributed by atoms with E-state index in [9.17, 15) is 14.9 Å². The normalized spacial score (nSPS) is 10.8. The second kappa shape index (κ2) is 8.02. The molecule has 0 radical (unpaired) electrons. The number of furan rings is 1. The van der Waals surface area contributed by atoms with Gasteiger partial charge in [-0.15, -0.1) is 10.2 Å². The number of hydrogen-bond donors (Lipinski definition) is 1. The van der Waals surface area contributed by atoms with Crippen LogP contribution in [0.15, 0.2) is 81.6 Å². The molecular formula is C18H14N6O4S. The molecule has 146 valence electrons. The van der Waals surface area contributed by atoms with E-state index in [1.807, 2.05) is 6.07 Å². The average molecular weight is 410 g/mol. The first-order chi connectivity index (χ1) is 14.1. The molecular weight excluding hydrogens is 396 g/mol. The smallest absolute Gasteiger partial charge is 0.316 e. The Morgan fingerprint density at radius 3 is 2.52 bits per heavy atom. The summed E-state index contributed by atoms with van der Waals surface area (Å²) in [5.74, 6) is 1.23. The quantitative estimate of drug-likeness (QED) is 0.280. The van der Waals surface area contributed by atoms with Crippen molar-refractivity contribution in [2.75, 3.05) is 5.32 Å². The maximum atomic E-state index is 13.1. The van der Waals surface area contributed by atoms with Crippen molar-refractivity contribution in [3.05, 3.63) is 93.4 Å². The number of rotatable bonds is 7. The van der Waals surface area contributed by atoms with E-state index < -0.39 is 10.5 Å². The van der Waals surface area contributed by atoms with E-state index in [4.69, 9.17) is 4.42 Å². The van der Waals surface area contributed by atoms with Gasteiger partial charge in [0.15, 0.2) is 0 Å². The maximum Gasteiger partial charge on any atom is 0.316 e. The topological polar surface area (TPSA) is 121 Å². The summed E-state index contributed by atoms with van der Waals surface area (Å²) >= 11 is 1.31. The predicted molar refractivity (Wildman–Crippen MR) is 106 cm³/mol. The van der Waals surface area contributed by atoms with Crippen LogP contribution in [0.25, 0.3) is 0 Å². The molecule has 29 heavy (non-hydrogen) atoms. The number of anilines is 2. The Bertz CT molecular complexity index is 1170. The van der Waals surface area contributed by atoms with Crippen molar-refractivity contribution in [2.24, 2.45) is 0 Å². The Balaban J connectivity index is 1.66. The number of non-ortho nitro benzene ring substituents is 1. The molecule has 0 spiro atoms. The Kier molecular flexibility index (Phi) is 5.12. The SMILES string of the molecule is O=c1c(Nc2ccc([N+](=O)[O-])cc2)nnc(SCc2ccco2)n1-n1cccc1. The molecule has 0 aliphatic carbocycles. The van der Waals surface area contributed by atoms with Gasteiger partial charge in [-0.2, -0.15) is 4.68 Å². The van der Waals surface area contributed by atoms with Crippen LogP contribution in [0.5, 0.6) is 0 Å². The molecule has 10 nitrogen and oxygen atoms in total. The number of benzene rings is 1. The average Bonchev–Trinajstić information content (AvgIpc) is 3.43. The zero-order chi connectivity index (χ0) is 20.2. The Hall–Kier alpha value is -3.86. The van der Waals surface area contributed by atoms with E-state index in [1.54, 1.807) is 41.5 Å². The van der Waals surface area contributed by atoms with Crippen molar-refractivity contribution >= 4 is 29.0 Å². The molecule has 1 N–H and O–H groups in total. The predicted octanol–water partition coefficient (Wildman–Crippen LogP) is 3.29. The second-order valence-corrected chi connectivity index (χ2v) is 6.75. The van der Waals surface area contributed by atoms with Crippen LogP contribution in [0.3, 0.4) is 0 Å². The molecule has 0 saturated carbocycles. The lowest BCUT2D eigenvalue weighted by Gasteiger charge is -2.13. The van der Waals surface area contributed by atoms with Crippen LogP contribution in [0, 0.1) is 10.1 Å². The summed E-state index contributed by atoms with van der Waals surface area (Å²) in [5.41, 5.74) is 0.0182. The highest BCUT2D eigenvalue weighted by Crippen LogP contribution is 2.21. The van der Waals surface area contributed by atoms with E-state index in [2.05, 4.69) is 15.5 Å². The van der Waals surface area contributed by atoms with E-state index in [1.165, 1.54) is 40.7 Å². The number of hydrogen-bond acceptors (Lipinski definition) is 8. The van der Waals surface area contributed by atoms with Crippen LogP contribution in [-0.2, 0) is 5.75 Å². The minimum absolute atomic E-state index is 0.00472. The van der Waals surface area contributed by atoms with Crippen LogP contribution >= 0.6 is 11.8 Å². The summed E-state index contributed by atoms with van der Waals surface area (Å²) in [4.78, 5) is 23.4. The highest BCUT2D eigenvalue weighted by Gasteiger charge is 2.15. The van der Waals surface area contributed by atoms with E-state index in [-0.39, 0.29) is 11.5 Å². The van der Waals surface area contributed by atoms with Crippen molar-refractivity contribution in [3.8, 4) is 0 Å². The number of nitro benzene ring substituents is 1. The van der Waals surface area contributed by atoms with Crippen LogP contribution < -0.4 is 10.9 Å². The van der Waals surface area contributed by atoms with Gasteiger partial charge in [-0.25, -0.2) is 0 Å². The first-order valence-corrected chi connectivity index (χ1v) is 9.40. The summed E-state index contributed by atoms with van der Waals surface area (Å²) in [6.45, 7) is 0. The minimum atomic E-state index is -0.492. The third-order valence-electron chi connectivity index (χ3n) is 3.90. The Labute approximate surface area is 167 Å². The molecule has 0 aliphatic rings. The second-order valence-electron chi connectivity index (χ2n) is 5.81. The van der Waals surface area contributed by atoms with Crippen LogP contribution in [-0.4, -0.2) is 24.5 Å². The number of nitrogens with zero attached hydrogens (tertiary/aromatic N) is 5. The zero-order valence-electron chi connectivity index (χ0n) is 14.8. The molecule has 3 aromatic heterocycles. The fourth-order valence-corrected chi connectivity index (χ4v) is 3.36. The highest BCUT2D eigenvalue weighted by molar-refractivity contribution is 7.98. The van der Waals surface area contributed by atoms with Crippen molar-refractivity contribution < 1.29 is 9.34 Å². The molecule has 3 heterocycles. The lowest BCUT2D eigenvalue weighted by atomic mass is 10.3. The van der Waals surface area contributed by atoms with Crippen molar-refractivity contribution in [2.45, 2.75) is 10.9 Å². The van der Waals surface area contributed by atoms with E-state index in [0.29, 0.717) is 16.6 Å². The molecule has 0 atom stereocenters. The fourth-order valence-electron chi connectivity index (χ4n) is 2.53. The van der Waals surface area contributed by atoms with Gasteiger partial charge >= 0.3 is 5.56 Å². The van der Waals surface area contributed by atoms with E-state index >= 15 is 0 Å². The standard InChI is InChI=1S/C18H14N6O4S/c25-17-16(19-13-5-7-14(8-6-13)24(26)27)20-21-18(23(17)22-9-1-2-10-22)29-12-15-4-3-11-28-15/h1-11H,12H2,(H,19,20). The van der Waals surface area contributed by atoms with Crippen LogP contribution in [0.1, 0.15) is 5.76 Å². The van der Waals surface area contributed by atoms with Crippen molar-refractivity contribution in [1.82, 2.24) is 19.5 Å². The molecule has 4 rings (SSSR count). The zero-order valence-corrected chi connectivity index (χ0v) is 15.7. The van der Waals surface area contributed by atoms with Crippen molar-refractivity contribution in [3.63, 3.8) is 0 Å². The number of aromatic nitrogens is 4. The van der Waals surface area contributed by atoms with Gasteiger partial charge in [-0.05, 0) is 36.4 Å². The molecule has 0 fully saturated rings. The molecule has 1 aromatic carbocycles. The maximum absolute atomic E-state index is 13.1. The largest absolute Gasteiger partial charge is 0.468 e. The van der Waals surface area contributed by atoms with Gasteiger partial charge in [0.2, 0.25) is 11.0 Å². The first-order valence-electron chi connectivity index (χ1n) is 8.42. The lowest BCUT2D eigenvalue weighted by Crippen LogP contribution is -2.30. The number of thioether (sulfide) groups is 1. The number of nitrogens with one attached hydrogen (secondary N) is 1. The lowest BCUT2D eigenvalue weighted by molar-refractivity contribution is -0.384. The molecule has 0 saturated heterocycles. The van der Waals surface area contributed by atoms with Gasteiger partial charge in [0.05, 0.1) is 16.9 Å². The molecule has 0 aliphatic heterocycles. The monoisotopic (exact) mass is 410 g/mol. The van der Waals surface area contributed by atoms with Gasteiger partial charge in [0, 0.05) is 30.2 Å². The minimum Gasteiger partial charge on any atom is -0.468 e. The van der Waals surface area contributed by atoms with Crippen molar-refractivity contribution in [1.29, 1.82) is 0 Å². The highest BCUT2D eigenvalue weighted by atomic mass is 32.2. The summed E-state index contributed by atoms with van der Waals surface area (Å²) in [6, 6.07) is 12.9. The van der Waals surface area contributed by atoms with Crippen LogP contribution in [0.2, 0.25) is 0 Å². The van der Waals surface area contributed by atoms with Gasteiger partial charge in [-0.1, -0.05) is 11.8 Å². The van der Waals surface area contributed by atoms with Crippen LogP contribution in [0.4, 0.5) is 17.2 Å². The molecule has 4 aromatic rings. The third-order valence-corrected chi connectivity index (χ3v) is 4.84. The molecule has 0 bridgehead atoms. The summed E-state index contributed by atoms with van der Waals surface area (Å²) in [6.07, 6.45) is 5.02. The first kappa shape index (κ1) is 18.5. The third kappa shape index (κ3) is 4.04. The van der Waals surface area contributed by atoms with Gasteiger partial charge in [0.25, 0.3) is 5.69 Å². The summed E-state index contributed by atoms with van der Waals surface area (Å²) < 4.78 is 8.30. The molecule has 0 amide bonds. The Morgan fingerprint density at radius 2 is 1.86 bits per heavy atom. The van der Waals surface area contributed by atoms with Gasteiger partial charge < -0.3 is 9.73 Å². The van der Waals surface area contributed by atoms with Gasteiger partial charge in [0.1, 0.15) is 5.76 Å². The fraction of sp³-hybridized carbons (Fsp3) is 0.0556. The molecule has 0 unspecified atom stereocenters. The van der Waals surface area contributed by atoms with E-state index in [0.717, 1.165) is 5.76 Å². The summed E-state index contributed by atoms with van der Waals surface area (Å²) in [7, 11) is 0. The number of nitro groups is 1. The summed E-state index contributed by atoms with van der Waals surface area (Å²) in [5, 5.41) is 22.2. The van der Waals surface area contributed by atoms with Gasteiger partial charge in [-0.3, -0.25) is 19.6 Å². The molecule has 11 heteroatoms.